The van der Waals surface area contributed by atoms with Crippen LogP contribution in [0.25, 0.3) is 0 Å². The van der Waals surface area contributed by atoms with Crippen LogP contribution in [-0.2, 0) is 10.0 Å². The molecule has 0 saturated carbocycles. The fourth-order valence-electron chi connectivity index (χ4n) is 1.46. The van der Waals surface area contributed by atoms with Crippen LogP contribution in [0.2, 0.25) is 0 Å². The van der Waals surface area contributed by atoms with E-state index in [4.69, 9.17) is 10.4 Å². The lowest BCUT2D eigenvalue weighted by atomic mass is 10.0. The molecule has 0 saturated heterocycles. The molecule has 0 aliphatic heterocycles. The van der Waals surface area contributed by atoms with E-state index < -0.39 is 15.6 Å². The molecule has 0 aliphatic carbocycles. The fourth-order valence-corrected chi connectivity index (χ4v) is 2.90. The van der Waals surface area contributed by atoms with E-state index in [1.165, 1.54) is 24.3 Å². The summed E-state index contributed by atoms with van der Waals surface area (Å²) in [6.45, 7) is 3.30. The first kappa shape index (κ1) is 14.6. The van der Waals surface area contributed by atoms with Crippen molar-refractivity contribution in [1.29, 1.82) is 5.26 Å². The van der Waals surface area contributed by atoms with Gasteiger partial charge in [-0.1, -0.05) is 0 Å². The second kappa shape index (κ2) is 5.48. The van der Waals surface area contributed by atoms with E-state index in [0.29, 0.717) is 12.0 Å². The number of nitriles is 1. The topological polar surface area (TPSA) is 90.2 Å². The summed E-state index contributed by atoms with van der Waals surface area (Å²) in [7, 11) is -3.64. The van der Waals surface area contributed by atoms with Gasteiger partial charge in [-0.3, -0.25) is 0 Å². The van der Waals surface area contributed by atoms with Crippen molar-refractivity contribution in [1.82, 2.24) is 4.72 Å². The van der Waals surface area contributed by atoms with E-state index in [2.05, 4.69) is 4.72 Å². The van der Waals surface area contributed by atoms with Crippen molar-refractivity contribution in [3.05, 3.63) is 29.8 Å². The third-order valence-electron chi connectivity index (χ3n) is 2.44. The van der Waals surface area contributed by atoms with Crippen LogP contribution in [0.5, 0.6) is 0 Å². The summed E-state index contributed by atoms with van der Waals surface area (Å²) >= 11 is 0. The van der Waals surface area contributed by atoms with E-state index in [1.807, 2.05) is 6.07 Å². The molecule has 5 nitrogen and oxygen atoms in total. The summed E-state index contributed by atoms with van der Waals surface area (Å²) in [5.41, 5.74) is -0.315. The van der Waals surface area contributed by atoms with Crippen molar-refractivity contribution >= 4 is 10.0 Å². The van der Waals surface area contributed by atoms with Crippen LogP contribution in [0.3, 0.4) is 0 Å². The third kappa shape index (κ3) is 3.81. The monoisotopic (exact) mass is 268 g/mol. The molecule has 1 aromatic carbocycles. The highest BCUT2D eigenvalue weighted by Crippen LogP contribution is 2.15. The van der Waals surface area contributed by atoms with E-state index in [1.54, 1.807) is 13.8 Å². The average Bonchev–Trinajstić information content (AvgIpc) is 2.27. The number of aliphatic hydroxyl groups excluding tert-OH is 1. The van der Waals surface area contributed by atoms with Gasteiger partial charge in [0.05, 0.1) is 16.5 Å². The lowest BCUT2D eigenvalue weighted by molar-refractivity contribution is 0.246. The highest BCUT2D eigenvalue weighted by molar-refractivity contribution is 7.89. The number of rotatable bonds is 5. The molecule has 1 aromatic rings. The lowest BCUT2D eigenvalue weighted by Crippen LogP contribution is -2.43. The Kier molecular flexibility index (Phi) is 4.46. The zero-order chi connectivity index (χ0) is 13.8. The minimum absolute atomic E-state index is 0.0944. The quantitative estimate of drug-likeness (QED) is 0.833. The summed E-state index contributed by atoms with van der Waals surface area (Å²) in [6, 6.07) is 7.60. The largest absolute Gasteiger partial charge is 0.396 e. The van der Waals surface area contributed by atoms with E-state index in [0.717, 1.165) is 0 Å². The van der Waals surface area contributed by atoms with Crippen molar-refractivity contribution in [2.24, 2.45) is 0 Å². The first-order valence-electron chi connectivity index (χ1n) is 5.46. The first-order valence-corrected chi connectivity index (χ1v) is 6.94. The Labute approximate surface area is 107 Å². The number of hydrogen-bond acceptors (Lipinski definition) is 4. The van der Waals surface area contributed by atoms with E-state index in [-0.39, 0.29) is 11.5 Å². The highest BCUT2D eigenvalue weighted by atomic mass is 32.2. The van der Waals surface area contributed by atoms with Crippen LogP contribution in [0.4, 0.5) is 0 Å². The Balaban J connectivity index is 2.96. The number of hydrogen-bond donors (Lipinski definition) is 2. The van der Waals surface area contributed by atoms with Gasteiger partial charge in [-0.2, -0.15) is 5.26 Å². The molecule has 0 aliphatic rings. The standard InChI is InChI=1S/C12H16N2O3S/c1-12(2,7-8-15)14-18(16,17)11-5-3-10(9-13)4-6-11/h3-6,14-15H,7-8H2,1-2H3. The van der Waals surface area contributed by atoms with Crippen LogP contribution >= 0.6 is 0 Å². The summed E-state index contributed by atoms with van der Waals surface area (Å²) < 4.78 is 26.6. The van der Waals surface area contributed by atoms with Gasteiger partial charge in [0.1, 0.15) is 0 Å². The molecule has 0 aromatic heterocycles. The highest BCUT2D eigenvalue weighted by Gasteiger charge is 2.25. The average molecular weight is 268 g/mol. The van der Waals surface area contributed by atoms with E-state index in [9.17, 15) is 8.42 Å². The van der Waals surface area contributed by atoms with Gasteiger partial charge in [-0.05, 0) is 44.5 Å². The van der Waals surface area contributed by atoms with Crippen molar-refractivity contribution in [2.75, 3.05) is 6.61 Å². The molecule has 0 atom stereocenters. The molecule has 0 bridgehead atoms. The molecule has 6 heteroatoms. The SMILES string of the molecule is CC(C)(CCO)NS(=O)(=O)c1ccc(C#N)cc1. The summed E-state index contributed by atoms with van der Waals surface area (Å²) in [4.78, 5) is 0.104. The summed E-state index contributed by atoms with van der Waals surface area (Å²) in [6.07, 6.45) is 0.322. The van der Waals surface area contributed by atoms with Gasteiger partial charge in [0.2, 0.25) is 10.0 Å². The van der Waals surface area contributed by atoms with Gasteiger partial charge in [-0.15, -0.1) is 0 Å². The van der Waals surface area contributed by atoms with Gasteiger partial charge in [0, 0.05) is 12.1 Å². The first-order chi connectivity index (χ1) is 8.30. The van der Waals surface area contributed by atoms with Crippen molar-refractivity contribution in [2.45, 2.75) is 30.7 Å². The maximum absolute atomic E-state index is 12.0. The van der Waals surface area contributed by atoms with Crippen LogP contribution in [0.15, 0.2) is 29.2 Å². The van der Waals surface area contributed by atoms with Crippen LogP contribution < -0.4 is 4.72 Å². The molecule has 2 N–H and O–H groups in total. The number of nitrogens with zero attached hydrogens (tertiary/aromatic N) is 1. The number of nitrogens with one attached hydrogen (secondary N) is 1. The Morgan fingerprint density at radius 2 is 1.89 bits per heavy atom. The van der Waals surface area contributed by atoms with Gasteiger partial charge in [0.25, 0.3) is 0 Å². The van der Waals surface area contributed by atoms with Crippen molar-refractivity contribution < 1.29 is 13.5 Å². The summed E-state index contributed by atoms with van der Waals surface area (Å²) in [5.74, 6) is 0. The van der Waals surface area contributed by atoms with Gasteiger partial charge >= 0.3 is 0 Å². The molecule has 1 rings (SSSR count). The van der Waals surface area contributed by atoms with Crippen molar-refractivity contribution in [3.8, 4) is 6.07 Å². The Bertz CT molecular complexity index is 542. The van der Waals surface area contributed by atoms with Crippen LogP contribution in [0, 0.1) is 11.3 Å². The third-order valence-corrected chi connectivity index (χ3v) is 4.16. The normalized spacial score (nSPS) is 12.1. The Morgan fingerprint density at radius 3 is 2.33 bits per heavy atom. The minimum atomic E-state index is -3.64. The maximum atomic E-state index is 12.0. The van der Waals surface area contributed by atoms with Gasteiger partial charge in [0.15, 0.2) is 0 Å². The van der Waals surface area contributed by atoms with Crippen LogP contribution in [0.1, 0.15) is 25.8 Å². The molecule has 0 spiro atoms. The molecule has 0 radical (unpaired) electrons. The fraction of sp³-hybridized carbons (Fsp3) is 0.417. The van der Waals surface area contributed by atoms with E-state index >= 15 is 0 Å². The molecule has 0 fully saturated rings. The molecule has 0 unspecified atom stereocenters. The lowest BCUT2D eigenvalue weighted by Gasteiger charge is -2.24. The van der Waals surface area contributed by atoms with Crippen LogP contribution in [-0.4, -0.2) is 25.7 Å². The predicted octanol–water partition coefficient (Wildman–Crippen LogP) is 0.998. The molecule has 98 valence electrons. The van der Waals surface area contributed by atoms with Crippen molar-refractivity contribution in [3.63, 3.8) is 0 Å². The second-order valence-electron chi connectivity index (χ2n) is 4.60. The molecule has 0 amide bonds. The number of benzene rings is 1. The maximum Gasteiger partial charge on any atom is 0.241 e. The molecule has 18 heavy (non-hydrogen) atoms. The minimum Gasteiger partial charge on any atom is -0.396 e. The zero-order valence-corrected chi connectivity index (χ0v) is 11.2. The summed E-state index contributed by atoms with van der Waals surface area (Å²) in [5, 5.41) is 17.5. The number of aliphatic hydroxyl groups is 1. The Hall–Kier alpha value is -1.42. The number of sulfonamides is 1. The predicted molar refractivity (Wildman–Crippen MR) is 67.3 cm³/mol. The Morgan fingerprint density at radius 1 is 1.33 bits per heavy atom. The molecular formula is C12H16N2O3S. The van der Waals surface area contributed by atoms with Gasteiger partial charge < -0.3 is 5.11 Å². The molecule has 0 heterocycles. The zero-order valence-electron chi connectivity index (χ0n) is 10.3. The second-order valence-corrected chi connectivity index (χ2v) is 6.28. The van der Waals surface area contributed by atoms with Gasteiger partial charge in [-0.25, -0.2) is 13.1 Å². The molecular weight excluding hydrogens is 252 g/mol. The smallest absolute Gasteiger partial charge is 0.241 e.